The summed E-state index contributed by atoms with van der Waals surface area (Å²) in [6.45, 7) is 2.98. The number of benzene rings is 1. The van der Waals surface area contributed by atoms with E-state index in [2.05, 4.69) is 0 Å². The second-order valence-corrected chi connectivity index (χ2v) is 6.65. The maximum atomic E-state index is 12.5. The predicted molar refractivity (Wildman–Crippen MR) is 77.1 cm³/mol. The Morgan fingerprint density at radius 1 is 1.40 bits per heavy atom. The predicted octanol–water partition coefficient (Wildman–Crippen LogP) is 1.78. The van der Waals surface area contributed by atoms with E-state index in [0.29, 0.717) is 13.1 Å². The number of nitrogens with two attached hydrogens (primary N) is 1. The topological polar surface area (TPSA) is 80.5 Å². The highest BCUT2D eigenvalue weighted by atomic mass is 35.5. The van der Waals surface area contributed by atoms with Crippen molar-refractivity contribution in [1.82, 2.24) is 4.90 Å². The molecule has 7 heteroatoms. The van der Waals surface area contributed by atoms with Crippen LogP contribution in [0, 0.1) is 0 Å². The fourth-order valence-corrected chi connectivity index (χ4v) is 3.12. The molecule has 0 aliphatic carbocycles. The Labute approximate surface area is 123 Å². The summed E-state index contributed by atoms with van der Waals surface area (Å²) in [6.07, 6.45) is 2.70. The van der Waals surface area contributed by atoms with Gasteiger partial charge in [0.2, 0.25) is 10.0 Å². The monoisotopic (exact) mass is 314 g/mol. The van der Waals surface area contributed by atoms with Gasteiger partial charge in [0.25, 0.3) is 5.91 Å². The maximum Gasteiger partial charge on any atom is 0.257 e. The van der Waals surface area contributed by atoms with Crippen LogP contribution in [-0.2, 0) is 10.0 Å². The van der Waals surface area contributed by atoms with Gasteiger partial charge in [-0.25, -0.2) is 13.6 Å². The van der Waals surface area contributed by atoms with Crippen LogP contribution in [0.15, 0.2) is 34.7 Å². The Kier molecular flexibility index (Phi) is 4.17. The summed E-state index contributed by atoms with van der Waals surface area (Å²) in [7, 11) is -4.00. The summed E-state index contributed by atoms with van der Waals surface area (Å²) in [5.74, 6) is -0.414. The molecule has 0 saturated carbocycles. The van der Waals surface area contributed by atoms with Gasteiger partial charge >= 0.3 is 0 Å². The molecule has 1 amide bonds. The molecule has 1 heterocycles. The van der Waals surface area contributed by atoms with Crippen LogP contribution in [0.25, 0.3) is 0 Å². The summed E-state index contributed by atoms with van der Waals surface area (Å²) >= 11 is 6.00. The molecule has 1 aromatic rings. The lowest BCUT2D eigenvalue weighted by Crippen LogP contribution is -2.36. The number of halogens is 1. The number of amides is 1. The summed E-state index contributed by atoms with van der Waals surface area (Å²) in [6, 6.07) is 4.23. The third-order valence-electron chi connectivity index (χ3n) is 3.22. The Hall–Kier alpha value is -1.37. The zero-order valence-corrected chi connectivity index (χ0v) is 12.5. The van der Waals surface area contributed by atoms with Crippen LogP contribution < -0.4 is 5.14 Å². The minimum Gasteiger partial charge on any atom is -0.335 e. The van der Waals surface area contributed by atoms with Gasteiger partial charge in [0.05, 0.1) is 15.5 Å². The third-order valence-corrected chi connectivity index (χ3v) is 4.49. The molecule has 1 aromatic carbocycles. The molecule has 0 unspecified atom stereocenters. The standard InChI is InChI=1S/C13H15ClN2O3S/c1-9-5-7-16(8-6-9)13(17)12-10(14)3-2-4-11(12)20(15,18)19/h2-5H,6-8H2,1H3,(H2,15,18,19). The molecule has 2 rings (SSSR count). The summed E-state index contributed by atoms with van der Waals surface area (Å²) in [4.78, 5) is 13.8. The van der Waals surface area contributed by atoms with Gasteiger partial charge in [-0.3, -0.25) is 4.79 Å². The Morgan fingerprint density at radius 2 is 2.10 bits per heavy atom. The first kappa shape index (κ1) is 15.0. The zero-order valence-electron chi connectivity index (χ0n) is 11.0. The van der Waals surface area contributed by atoms with E-state index in [1.54, 1.807) is 4.90 Å². The molecule has 108 valence electrons. The van der Waals surface area contributed by atoms with Crippen LogP contribution in [0.1, 0.15) is 23.7 Å². The van der Waals surface area contributed by atoms with E-state index in [9.17, 15) is 13.2 Å². The molecule has 5 nitrogen and oxygen atoms in total. The van der Waals surface area contributed by atoms with E-state index < -0.39 is 15.9 Å². The van der Waals surface area contributed by atoms with Crippen molar-refractivity contribution in [3.63, 3.8) is 0 Å². The summed E-state index contributed by atoms with van der Waals surface area (Å²) in [5.41, 5.74) is 1.16. The van der Waals surface area contributed by atoms with Crippen LogP contribution in [0.5, 0.6) is 0 Å². The van der Waals surface area contributed by atoms with Crippen molar-refractivity contribution in [3.05, 3.63) is 40.4 Å². The van der Waals surface area contributed by atoms with Gasteiger partial charge in [0.15, 0.2) is 0 Å². The molecule has 1 aliphatic heterocycles. The average molecular weight is 315 g/mol. The minimum atomic E-state index is -4.00. The fourth-order valence-electron chi connectivity index (χ4n) is 2.06. The highest BCUT2D eigenvalue weighted by molar-refractivity contribution is 7.89. The third kappa shape index (κ3) is 3.03. The van der Waals surface area contributed by atoms with Gasteiger partial charge in [-0.05, 0) is 25.5 Å². The molecule has 0 spiro atoms. The number of carbonyl (C=O) groups excluding carboxylic acids is 1. The van der Waals surface area contributed by atoms with E-state index in [-0.39, 0.29) is 15.5 Å². The Bertz CT molecular complexity index is 683. The van der Waals surface area contributed by atoms with E-state index in [0.717, 1.165) is 6.42 Å². The van der Waals surface area contributed by atoms with E-state index >= 15 is 0 Å². The molecule has 20 heavy (non-hydrogen) atoms. The van der Waals surface area contributed by atoms with E-state index in [1.165, 1.54) is 23.8 Å². The number of hydrogen-bond donors (Lipinski definition) is 1. The van der Waals surface area contributed by atoms with E-state index in [1.807, 2.05) is 13.0 Å². The van der Waals surface area contributed by atoms with Gasteiger partial charge in [-0.1, -0.05) is 29.3 Å². The zero-order chi connectivity index (χ0) is 14.9. The molecular weight excluding hydrogens is 300 g/mol. The highest BCUT2D eigenvalue weighted by Gasteiger charge is 2.26. The second kappa shape index (κ2) is 5.55. The lowest BCUT2D eigenvalue weighted by atomic mass is 10.1. The number of primary sulfonamides is 1. The first-order valence-electron chi connectivity index (χ1n) is 6.07. The van der Waals surface area contributed by atoms with Crippen molar-refractivity contribution in [3.8, 4) is 0 Å². The van der Waals surface area contributed by atoms with Gasteiger partial charge in [-0.15, -0.1) is 0 Å². The van der Waals surface area contributed by atoms with Gasteiger partial charge in [0, 0.05) is 13.1 Å². The molecular formula is C13H15ClN2O3S. The van der Waals surface area contributed by atoms with Crippen molar-refractivity contribution >= 4 is 27.5 Å². The van der Waals surface area contributed by atoms with Crippen LogP contribution in [0.3, 0.4) is 0 Å². The number of rotatable bonds is 2. The second-order valence-electron chi connectivity index (χ2n) is 4.71. The van der Waals surface area contributed by atoms with Crippen molar-refractivity contribution < 1.29 is 13.2 Å². The normalized spacial score (nSPS) is 15.9. The van der Waals surface area contributed by atoms with Crippen LogP contribution >= 0.6 is 11.6 Å². The number of sulfonamides is 1. The molecule has 0 radical (unpaired) electrons. The molecule has 0 atom stereocenters. The lowest BCUT2D eigenvalue weighted by molar-refractivity contribution is 0.0765. The molecule has 0 aromatic heterocycles. The average Bonchev–Trinajstić information content (AvgIpc) is 2.37. The van der Waals surface area contributed by atoms with Crippen LogP contribution in [-0.4, -0.2) is 32.3 Å². The first-order valence-corrected chi connectivity index (χ1v) is 7.99. The number of hydrogen-bond acceptors (Lipinski definition) is 3. The van der Waals surface area contributed by atoms with Crippen molar-refractivity contribution in [2.45, 2.75) is 18.2 Å². The van der Waals surface area contributed by atoms with Crippen molar-refractivity contribution in [1.29, 1.82) is 0 Å². The summed E-state index contributed by atoms with van der Waals surface area (Å²) in [5, 5.41) is 5.24. The van der Waals surface area contributed by atoms with Crippen LogP contribution in [0.2, 0.25) is 5.02 Å². The SMILES string of the molecule is CC1=CCN(C(=O)c2c(Cl)cccc2S(N)(=O)=O)CC1. The Morgan fingerprint density at radius 3 is 2.65 bits per heavy atom. The largest absolute Gasteiger partial charge is 0.335 e. The highest BCUT2D eigenvalue weighted by Crippen LogP contribution is 2.25. The van der Waals surface area contributed by atoms with Crippen molar-refractivity contribution in [2.24, 2.45) is 5.14 Å². The van der Waals surface area contributed by atoms with E-state index in [4.69, 9.17) is 16.7 Å². The van der Waals surface area contributed by atoms with Gasteiger partial charge in [0.1, 0.15) is 0 Å². The van der Waals surface area contributed by atoms with Crippen LogP contribution in [0.4, 0.5) is 0 Å². The molecule has 0 saturated heterocycles. The van der Waals surface area contributed by atoms with Gasteiger partial charge < -0.3 is 4.90 Å². The smallest absolute Gasteiger partial charge is 0.257 e. The quantitative estimate of drug-likeness (QED) is 0.845. The minimum absolute atomic E-state index is 0.0513. The first-order chi connectivity index (χ1) is 9.30. The molecule has 0 fully saturated rings. The van der Waals surface area contributed by atoms with Gasteiger partial charge in [-0.2, -0.15) is 0 Å². The molecule has 1 aliphatic rings. The molecule has 0 bridgehead atoms. The summed E-state index contributed by atoms with van der Waals surface area (Å²) < 4.78 is 23.2. The van der Waals surface area contributed by atoms with Crippen molar-refractivity contribution in [2.75, 3.05) is 13.1 Å². The number of nitrogens with zero attached hydrogens (tertiary/aromatic N) is 1. The Balaban J connectivity index is 2.45. The maximum absolute atomic E-state index is 12.5. The molecule has 2 N–H and O–H groups in total. The lowest BCUT2D eigenvalue weighted by Gasteiger charge is -2.26. The fraction of sp³-hybridized carbons (Fsp3) is 0.308. The number of carbonyl (C=O) groups is 1.